The summed E-state index contributed by atoms with van der Waals surface area (Å²) in [5.41, 5.74) is -0.133. The van der Waals surface area contributed by atoms with Crippen LogP contribution >= 0.6 is 23.2 Å². The smallest absolute Gasteiger partial charge is 0.343 e. The molecule has 5 nitrogen and oxygen atoms in total. The summed E-state index contributed by atoms with van der Waals surface area (Å²) >= 11 is 11.6. The molecular weight excluding hydrogens is 305 g/mol. The van der Waals surface area contributed by atoms with Gasteiger partial charge in [0.1, 0.15) is 5.75 Å². The number of carbonyl (C=O) groups is 1. The minimum Gasteiger partial charge on any atom is -0.421 e. The van der Waals surface area contributed by atoms with E-state index in [1.165, 1.54) is 36.4 Å². The van der Waals surface area contributed by atoms with Crippen molar-refractivity contribution >= 4 is 34.9 Å². The van der Waals surface area contributed by atoms with E-state index in [-0.39, 0.29) is 22.0 Å². The van der Waals surface area contributed by atoms with Gasteiger partial charge in [-0.15, -0.1) is 0 Å². The standard InChI is InChI=1S/C13H7Cl2NO4/c14-9-4-5-12(11(15)7-9)20-13(17)8-2-1-3-10(6-8)16(18)19/h1-7H. The summed E-state index contributed by atoms with van der Waals surface area (Å²) in [7, 11) is 0. The first-order valence-corrected chi connectivity index (χ1v) is 6.14. The molecule has 2 aromatic rings. The Bertz CT molecular complexity index is 688. The molecule has 0 saturated heterocycles. The van der Waals surface area contributed by atoms with Crippen LogP contribution in [0.15, 0.2) is 42.5 Å². The number of non-ortho nitro benzene ring substituents is 1. The predicted octanol–water partition coefficient (Wildman–Crippen LogP) is 4.12. The van der Waals surface area contributed by atoms with E-state index >= 15 is 0 Å². The molecule has 0 aliphatic carbocycles. The molecule has 0 unspecified atom stereocenters. The summed E-state index contributed by atoms with van der Waals surface area (Å²) < 4.78 is 5.07. The Morgan fingerprint density at radius 2 is 1.90 bits per heavy atom. The van der Waals surface area contributed by atoms with E-state index in [2.05, 4.69) is 0 Å². The molecule has 0 spiro atoms. The predicted molar refractivity (Wildman–Crippen MR) is 74.5 cm³/mol. The highest BCUT2D eigenvalue weighted by Crippen LogP contribution is 2.28. The first-order chi connectivity index (χ1) is 9.47. The van der Waals surface area contributed by atoms with Crippen LogP contribution in [-0.4, -0.2) is 10.9 Å². The van der Waals surface area contributed by atoms with E-state index < -0.39 is 10.9 Å². The highest BCUT2D eigenvalue weighted by atomic mass is 35.5. The van der Waals surface area contributed by atoms with Gasteiger partial charge >= 0.3 is 5.97 Å². The monoisotopic (exact) mass is 311 g/mol. The second kappa shape index (κ2) is 5.90. The zero-order chi connectivity index (χ0) is 14.7. The SMILES string of the molecule is O=C(Oc1ccc(Cl)cc1Cl)c1cccc([N+](=O)[O-])c1. The van der Waals surface area contributed by atoms with Gasteiger partial charge in [0.25, 0.3) is 5.69 Å². The first kappa shape index (κ1) is 14.3. The summed E-state index contributed by atoms with van der Waals surface area (Å²) in [5, 5.41) is 11.2. The highest BCUT2D eigenvalue weighted by Gasteiger charge is 2.14. The summed E-state index contributed by atoms with van der Waals surface area (Å²) in [6.45, 7) is 0. The van der Waals surface area contributed by atoms with Gasteiger partial charge in [0, 0.05) is 17.2 Å². The Balaban J connectivity index is 2.24. The third kappa shape index (κ3) is 3.26. The van der Waals surface area contributed by atoms with Gasteiger partial charge in [-0.3, -0.25) is 10.1 Å². The van der Waals surface area contributed by atoms with Crippen molar-refractivity contribution < 1.29 is 14.5 Å². The number of ether oxygens (including phenoxy) is 1. The molecular formula is C13H7Cl2NO4. The highest BCUT2D eigenvalue weighted by molar-refractivity contribution is 6.35. The molecule has 0 bridgehead atoms. The van der Waals surface area contributed by atoms with Crippen LogP contribution in [0.25, 0.3) is 0 Å². The van der Waals surface area contributed by atoms with E-state index in [1.807, 2.05) is 0 Å². The van der Waals surface area contributed by atoms with Crippen LogP contribution in [0.5, 0.6) is 5.75 Å². The molecule has 2 aromatic carbocycles. The second-order valence-electron chi connectivity index (χ2n) is 3.77. The maximum atomic E-state index is 11.9. The summed E-state index contributed by atoms with van der Waals surface area (Å²) in [4.78, 5) is 21.9. The lowest BCUT2D eigenvalue weighted by atomic mass is 10.2. The van der Waals surface area contributed by atoms with Gasteiger partial charge in [-0.2, -0.15) is 0 Å². The largest absolute Gasteiger partial charge is 0.421 e. The van der Waals surface area contributed by atoms with Crippen LogP contribution in [0.2, 0.25) is 10.0 Å². The second-order valence-corrected chi connectivity index (χ2v) is 4.62. The minimum atomic E-state index is -0.738. The average Bonchev–Trinajstić information content (AvgIpc) is 2.42. The molecule has 0 amide bonds. The number of nitro benzene ring substituents is 1. The van der Waals surface area contributed by atoms with E-state index in [4.69, 9.17) is 27.9 Å². The van der Waals surface area contributed by atoms with Crippen molar-refractivity contribution in [3.8, 4) is 5.75 Å². The van der Waals surface area contributed by atoms with Gasteiger partial charge in [-0.05, 0) is 24.3 Å². The van der Waals surface area contributed by atoms with Crippen LogP contribution in [0.1, 0.15) is 10.4 Å². The van der Waals surface area contributed by atoms with E-state index in [1.54, 1.807) is 0 Å². The van der Waals surface area contributed by atoms with E-state index in [0.717, 1.165) is 6.07 Å². The lowest BCUT2D eigenvalue weighted by Gasteiger charge is -2.06. The van der Waals surface area contributed by atoms with E-state index in [9.17, 15) is 14.9 Å². The summed E-state index contributed by atoms with van der Waals surface area (Å²) in [6, 6.07) is 9.62. The maximum absolute atomic E-state index is 11.9. The number of rotatable bonds is 3. The van der Waals surface area contributed by atoms with Gasteiger partial charge in [0.05, 0.1) is 15.5 Å². The molecule has 2 rings (SSSR count). The van der Waals surface area contributed by atoms with Crippen LogP contribution in [0.3, 0.4) is 0 Å². The number of esters is 1. The number of nitrogens with zero attached hydrogens (tertiary/aromatic N) is 1. The molecule has 0 atom stereocenters. The quantitative estimate of drug-likeness (QED) is 0.370. The zero-order valence-corrected chi connectivity index (χ0v) is 11.4. The van der Waals surface area contributed by atoms with Crippen molar-refractivity contribution in [2.75, 3.05) is 0 Å². The van der Waals surface area contributed by atoms with Crippen molar-refractivity contribution in [3.05, 3.63) is 68.2 Å². The van der Waals surface area contributed by atoms with Gasteiger partial charge in [-0.25, -0.2) is 4.79 Å². The van der Waals surface area contributed by atoms with Crippen molar-refractivity contribution in [1.29, 1.82) is 0 Å². The van der Waals surface area contributed by atoms with Gasteiger partial charge in [0.15, 0.2) is 0 Å². The number of nitro groups is 1. The Morgan fingerprint density at radius 1 is 1.15 bits per heavy atom. The fourth-order valence-electron chi connectivity index (χ4n) is 1.46. The molecule has 20 heavy (non-hydrogen) atoms. The molecule has 0 radical (unpaired) electrons. The molecule has 0 heterocycles. The van der Waals surface area contributed by atoms with Crippen LogP contribution in [0, 0.1) is 10.1 Å². The lowest BCUT2D eigenvalue weighted by Crippen LogP contribution is -2.09. The Labute approximate surface area is 123 Å². The molecule has 0 aromatic heterocycles. The normalized spacial score (nSPS) is 10.1. The van der Waals surface area contributed by atoms with Crippen molar-refractivity contribution in [3.63, 3.8) is 0 Å². The minimum absolute atomic E-state index is 0.0604. The molecule has 7 heteroatoms. The topological polar surface area (TPSA) is 69.4 Å². The van der Waals surface area contributed by atoms with Crippen LogP contribution < -0.4 is 4.74 Å². The fraction of sp³-hybridized carbons (Fsp3) is 0. The Kier molecular flexibility index (Phi) is 4.22. The summed E-state index contributed by atoms with van der Waals surface area (Å²) in [6.07, 6.45) is 0. The molecule has 0 aliphatic heterocycles. The third-order valence-corrected chi connectivity index (χ3v) is 2.92. The third-order valence-electron chi connectivity index (χ3n) is 2.39. The average molecular weight is 312 g/mol. The zero-order valence-electron chi connectivity index (χ0n) is 9.88. The van der Waals surface area contributed by atoms with Crippen LogP contribution in [0.4, 0.5) is 5.69 Å². The van der Waals surface area contributed by atoms with Crippen molar-refractivity contribution in [2.45, 2.75) is 0 Å². The van der Waals surface area contributed by atoms with Crippen LogP contribution in [-0.2, 0) is 0 Å². The molecule has 0 fully saturated rings. The Hall–Kier alpha value is -2.11. The molecule has 102 valence electrons. The Morgan fingerprint density at radius 3 is 2.55 bits per heavy atom. The number of halogens is 2. The fourth-order valence-corrected chi connectivity index (χ4v) is 1.91. The first-order valence-electron chi connectivity index (χ1n) is 5.39. The van der Waals surface area contributed by atoms with Gasteiger partial charge in [0.2, 0.25) is 0 Å². The number of hydrogen-bond acceptors (Lipinski definition) is 4. The molecule has 0 aliphatic rings. The number of benzene rings is 2. The van der Waals surface area contributed by atoms with Crippen molar-refractivity contribution in [1.82, 2.24) is 0 Å². The maximum Gasteiger partial charge on any atom is 0.343 e. The number of hydrogen-bond donors (Lipinski definition) is 0. The molecule has 0 N–H and O–H groups in total. The lowest BCUT2D eigenvalue weighted by molar-refractivity contribution is -0.384. The van der Waals surface area contributed by atoms with Crippen molar-refractivity contribution in [2.24, 2.45) is 0 Å². The molecule has 0 saturated carbocycles. The van der Waals surface area contributed by atoms with Gasteiger partial charge in [-0.1, -0.05) is 29.3 Å². The van der Waals surface area contributed by atoms with Gasteiger partial charge < -0.3 is 4.74 Å². The summed E-state index contributed by atoms with van der Waals surface area (Å²) in [5.74, 6) is -0.606. The number of carbonyl (C=O) groups excluding carboxylic acids is 1. The van der Waals surface area contributed by atoms with E-state index in [0.29, 0.717) is 5.02 Å².